The van der Waals surface area contributed by atoms with Crippen molar-refractivity contribution in [1.82, 2.24) is 4.98 Å². The second-order valence-corrected chi connectivity index (χ2v) is 9.90. The van der Waals surface area contributed by atoms with Gasteiger partial charge >= 0.3 is 0 Å². The number of fused-ring (bicyclic) bond motifs is 2. The van der Waals surface area contributed by atoms with Crippen LogP contribution in [-0.4, -0.2) is 4.98 Å². The minimum absolute atomic E-state index is 0.0698. The smallest absolute Gasteiger partial charge is 0.130 e. The highest BCUT2D eigenvalue weighted by Gasteiger charge is 2.33. The number of benzene rings is 4. The Morgan fingerprint density at radius 1 is 0.727 bits per heavy atom. The third-order valence-corrected chi connectivity index (χ3v) is 6.90. The predicted molar refractivity (Wildman–Crippen MR) is 144 cm³/mol. The summed E-state index contributed by atoms with van der Waals surface area (Å²) in [6.07, 6.45) is 1.83. The molecule has 0 radical (unpaired) electrons. The second-order valence-electron chi connectivity index (χ2n) is 8.07. The van der Waals surface area contributed by atoms with Crippen molar-refractivity contribution in [3.05, 3.63) is 118 Å². The van der Waals surface area contributed by atoms with Crippen molar-refractivity contribution in [2.24, 2.45) is 0 Å². The highest BCUT2D eigenvalue weighted by atomic mass is 79.9. The lowest BCUT2D eigenvalue weighted by Gasteiger charge is -2.27. The van der Waals surface area contributed by atoms with Gasteiger partial charge in [-0.05, 0) is 58.8 Å². The van der Waals surface area contributed by atoms with Crippen molar-refractivity contribution in [3.8, 4) is 11.3 Å². The lowest BCUT2D eigenvalue weighted by molar-refractivity contribution is 0.827. The van der Waals surface area contributed by atoms with E-state index in [1.807, 2.05) is 12.3 Å². The summed E-state index contributed by atoms with van der Waals surface area (Å²) in [6, 6.07) is 33.9. The van der Waals surface area contributed by atoms with E-state index in [1.165, 1.54) is 10.8 Å². The maximum Gasteiger partial charge on any atom is 0.130 e. The number of nitrogens with zero attached hydrogens (tertiary/aromatic N) is 2. The van der Waals surface area contributed by atoms with Crippen molar-refractivity contribution in [2.45, 2.75) is 6.17 Å². The normalized spacial score (nSPS) is 14.8. The first-order chi connectivity index (χ1) is 16.2. The first-order valence-corrected chi connectivity index (χ1v) is 12.3. The molecule has 1 unspecified atom stereocenters. The van der Waals surface area contributed by atoms with Crippen molar-refractivity contribution >= 4 is 59.7 Å². The molecule has 0 aliphatic carbocycles. The van der Waals surface area contributed by atoms with Crippen molar-refractivity contribution in [1.29, 1.82) is 0 Å². The second kappa shape index (κ2) is 8.32. The number of aromatic nitrogens is 1. The quantitative estimate of drug-likeness (QED) is 0.241. The molecule has 160 valence electrons. The van der Waals surface area contributed by atoms with E-state index in [0.717, 1.165) is 42.8 Å². The third kappa shape index (κ3) is 3.71. The lowest BCUT2D eigenvalue weighted by atomic mass is 10.0. The molecular weight excluding hydrogens is 538 g/mol. The van der Waals surface area contributed by atoms with E-state index in [0.29, 0.717) is 0 Å². The van der Waals surface area contributed by atoms with Crippen LogP contribution in [0.2, 0.25) is 0 Å². The Morgan fingerprint density at radius 2 is 1.45 bits per heavy atom. The van der Waals surface area contributed by atoms with E-state index in [4.69, 9.17) is 4.98 Å². The van der Waals surface area contributed by atoms with E-state index in [9.17, 15) is 0 Å². The van der Waals surface area contributed by atoms with Gasteiger partial charge in [0.15, 0.2) is 0 Å². The van der Waals surface area contributed by atoms with Crippen LogP contribution >= 0.6 is 31.9 Å². The number of pyridine rings is 1. The molecule has 4 aromatic carbocycles. The van der Waals surface area contributed by atoms with Crippen LogP contribution in [0.4, 0.5) is 17.1 Å². The van der Waals surface area contributed by atoms with Gasteiger partial charge in [-0.1, -0.05) is 86.5 Å². The van der Waals surface area contributed by atoms with Crippen LogP contribution in [0.15, 0.2) is 112 Å². The van der Waals surface area contributed by atoms with Crippen LogP contribution in [-0.2, 0) is 0 Å². The number of hydrogen-bond donors (Lipinski definition) is 1. The molecule has 6 rings (SSSR count). The summed E-state index contributed by atoms with van der Waals surface area (Å²) in [5.41, 5.74) is 6.48. The van der Waals surface area contributed by atoms with Gasteiger partial charge in [0.2, 0.25) is 0 Å². The maximum atomic E-state index is 4.81. The Bertz CT molecular complexity index is 1460. The average molecular weight is 557 g/mol. The van der Waals surface area contributed by atoms with E-state index in [1.54, 1.807) is 0 Å². The summed E-state index contributed by atoms with van der Waals surface area (Å²) in [6.45, 7) is 0. The highest BCUT2D eigenvalue weighted by molar-refractivity contribution is 9.11. The van der Waals surface area contributed by atoms with Crippen molar-refractivity contribution < 1.29 is 0 Å². The molecule has 1 atom stereocenters. The standard InChI is InChI=1S/C28H19Br2N3/c29-22-15-21(16-23(30)17-22)28-32-27-25(33(28)24-8-2-1-3-9-24)12-13-31-26(27)20-11-10-18-6-4-5-7-19(18)14-20/h1-17,28,32H. The largest absolute Gasteiger partial charge is 0.358 e. The minimum atomic E-state index is -0.0698. The molecule has 1 N–H and O–H groups in total. The van der Waals surface area contributed by atoms with Gasteiger partial charge in [0.1, 0.15) is 6.17 Å². The number of hydrogen-bond acceptors (Lipinski definition) is 3. The first-order valence-electron chi connectivity index (χ1n) is 10.7. The molecule has 0 bridgehead atoms. The molecule has 5 aromatic rings. The SMILES string of the molecule is Brc1cc(Br)cc(C2Nc3c(ccnc3-c3ccc4ccccc4c3)N2c2ccccc2)c1. The van der Waals surface area contributed by atoms with Crippen molar-refractivity contribution in [3.63, 3.8) is 0 Å². The topological polar surface area (TPSA) is 28.2 Å². The van der Waals surface area contributed by atoms with Crippen LogP contribution in [0, 0.1) is 0 Å². The molecule has 5 heteroatoms. The molecule has 0 fully saturated rings. The van der Waals surface area contributed by atoms with Crippen LogP contribution in [0.3, 0.4) is 0 Å². The van der Waals surface area contributed by atoms with Gasteiger partial charge < -0.3 is 10.2 Å². The molecule has 3 nitrogen and oxygen atoms in total. The van der Waals surface area contributed by atoms with Gasteiger partial charge in [0.25, 0.3) is 0 Å². The van der Waals surface area contributed by atoms with E-state index < -0.39 is 0 Å². The fraction of sp³-hybridized carbons (Fsp3) is 0.0357. The lowest BCUT2D eigenvalue weighted by Crippen LogP contribution is -2.23. The van der Waals surface area contributed by atoms with Gasteiger partial charge in [0, 0.05) is 26.4 Å². The van der Waals surface area contributed by atoms with Crippen LogP contribution in [0.5, 0.6) is 0 Å². The van der Waals surface area contributed by atoms with Gasteiger partial charge in [-0.25, -0.2) is 0 Å². The number of nitrogens with one attached hydrogen (secondary N) is 1. The Morgan fingerprint density at radius 3 is 2.24 bits per heavy atom. The molecular formula is C28H19Br2N3. The Hall–Kier alpha value is -3.15. The number of rotatable bonds is 3. The molecule has 0 amide bonds. The summed E-state index contributed by atoms with van der Waals surface area (Å²) in [4.78, 5) is 7.15. The summed E-state index contributed by atoms with van der Waals surface area (Å²) in [5.74, 6) is 0. The first kappa shape index (κ1) is 20.5. The van der Waals surface area contributed by atoms with E-state index >= 15 is 0 Å². The maximum absolute atomic E-state index is 4.81. The fourth-order valence-corrected chi connectivity index (χ4v) is 5.86. The zero-order valence-electron chi connectivity index (χ0n) is 17.5. The Balaban J connectivity index is 1.53. The zero-order chi connectivity index (χ0) is 22.4. The number of halogens is 2. The van der Waals surface area contributed by atoms with Crippen LogP contribution < -0.4 is 10.2 Å². The van der Waals surface area contributed by atoms with Gasteiger partial charge in [-0.2, -0.15) is 0 Å². The van der Waals surface area contributed by atoms with Gasteiger partial charge in [-0.3, -0.25) is 4.98 Å². The summed E-state index contributed by atoms with van der Waals surface area (Å²) >= 11 is 7.31. The highest BCUT2D eigenvalue weighted by Crippen LogP contribution is 2.49. The van der Waals surface area contributed by atoms with Crippen LogP contribution in [0.1, 0.15) is 11.7 Å². The van der Waals surface area contributed by atoms with Crippen molar-refractivity contribution in [2.75, 3.05) is 10.2 Å². The fourth-order valence-electron chi connectivity index (χ4n) is 4.53. The number of para-hydroxylation sites is 1. The predicted octanol–water partition coefficient (Wildman–Crippen LogP) is 8.69. The molecule has 0 spiro atoms. The Kier molecular flexibility index (Phi) is 5.16. The summed E-state index contributed by atoms with van der Waals surface area (Å²) < 4.78 is 2.07. The summed E-state index contributed by atoms with van der Waals surface area (Å²) in [5, 5.41) is 6.23. The zero-order valence-corrected chi connectivity index (χ0v) is 20.7. The Labute approximate surface area is 209 Å². The molecule has 0 saturated heterocycles. The molecule has 0 saturated carbocycles. The van der Waals surface area contributed by atoms with E-state index in [-0.39, 0.29) is 6.17 Å². The van der Waals surface area contributed by atoms with E-state index in [2.05, 4.69) is 133 Å². The monoisotopic (exact) mass is 555 g/mol. The average Bonchev–Trinajstić information content (AvgIpc) is 3.23. The molecule has 2 heterocycles. The number of anilines is 3. The molecule has 1 aromatic heterocycles. The van der Waals surface area contributed by atoms with Gasteiger partial charge in [-0.15, -0.1) is 0 Å². The van der Waals surface area contributed by atoms with Gasteiger partial charge in [0.05, 0.1) is 17.1 Å². The third-order valence-electron chi connectivity index (χ3n) is 5.99. The summed E-state index contributed by atoms with van der Waals surface area (Å²) in [7, 11) is 0. The molecule has 1 aliphatic heterocycles. The van der Waals surface area contributed by atoms with Crippen LogP contribution in [0.25, 0.3) is 22.0 Å². The minimum Gasteiger partial charge on any atom is -0.358 e. The molecule has 1 aliphatic rings. The molecule has 33 heavy (non-hydrogen) atoms.